The number of carboxylic acids is 1. The molecule has 1 atom stereocenters. The van der Waals surface area contributed by atoms with Gasteiger partial charge >= 0.3 is 5.97 Å². The van der Waals surface area contributed by atoms with Crippen molar-refractivity contribution in [3.8, 4) is 0 Å². The maximum Gasteiger partial charge on any atom is 0.308 e. The van der Waals surface area contributed by atoms with Crippen LogP contribution in [0.4, 0.5) is 0 Å². The van der Waals surface area contributed by atoms with Gasteiger partial charge in [-0.1, -0.05) is 38.1 Å². The van der Waals surface area contributed by atoms with Gasteiger partial charge in [-0.15, -0.1) is 11.8 Å². The zero-order valence-electron chi connectivity index (χ0n) is 14.9. The second kappa shape index (κ2) is 7.87. The highest BCUT2D eigenvalue weighted by Crippen LogP contribution is 2.36. The smallest absolute Gasteiger partial charge is 0.308 e. The quantitative estimate of drug-likeness (QED) is 0.755. The molecule has 0 saturated carbocycles. The fraction of sp³-hybridized carbons (Fsp3) is 0.421. The molecule has 0 bridgehead atoms. The lowest BCUT2D eigenvalue weighted by Gasteiger charge is -2.27. The van der Waals surface area contributed by atoms with Crippen LogP contribution in [-0.4, -0.2) is 45.8 Å². The van der Waals surface area contributed by atoms with Crippen LogP contribution in [0, 0.1) is 12.8 Å². The second-order valence-corrected chi connectivity index (χ2v) is 7.46. The minimum atomic E-state index is -1.11. The van der Waals surface area contributed by atoms with Gasteiger partial charge in [-0.25, -0.2) is 0 Å². The minimum Gasteiger partial charge on any atom is -0.481 e. The fourth-order valence-electron chi connectivity index (χ4n) is 3.06. The normalized spacial score (nSPS) is 17.6. The van der Waals surface area contributed by atoms with Gasteiger partial charge in [0.1, 0.15) is 5.37 Å². The van der Waals surface area contributed by atoms with E-state index in [2.05, 4.69) is 0 Å². The number of hydrogen-bond donors (Lipinski definition) is 1. The van der Waals surface area contributed by atoms with E-state index in [1.165, 1.54) is 11.8 Å². The summed E-state index contributed by atoms with van der Waals surface area (Å²) in [7, 11) is 0. The fourth-order valence-corrected chi connectivity index (χ4v) is 3.98. The number of nitrogens with zero attached hydrogens (tertiary/aromatic N) is 1. The predicted molar refractivity (Wildman–Crippen MR) is 98.6 cm³/mol. The number of aryl methyl sites for hydroxylation is 1. The van der Waals surface area contributed by atoms with Crippen molar-refractivity contribution in [1.29, 1.82) is 0 Å². The van der Waals surface area contributed by atoms with Crippen LogP contribution >= 0.6 is 11.8 Å². The molecule has 1 heterocycles. The average molecular weight is 361 g/mol. The first-order valence-corrected chi connectivity index (χ1v) is 9.45. The van der Waals surface area contributed by atoms with Crippen LogP contribution < -0.4 is 0 Å². The summed E-state index contributed by atoms with van der Waals surface area (Å²) in [5.41, 5.74) is 1.75. The second-order valence-electron chi connectivity index (χ2n) is 6.55. The minimum absolute atomic E-state index is 0.112. The van der Waals surface area contributed by atoms with Crippen LogP contribution in [0.15, 0.2) is 35.4 Å². The summed E-state index contributed by atoms with van der Waals surface area (Å²) in [4.78, 5) is 38.9. The molecule has 0 saturated heterocycles. The van der Waals surface area contributed by atoms with Gasteiger partial charge in [0.15, 0.2) is 5.78 Å². The highest BCUT2D eigenvalue weighted by molar-refractivity contribution is 7.99. The van der Waals surface area contributed by atoms with Gasteiger partial charge < -0.3 is 10.0 Å². The molecule has 1 aliphatic rings. The van der Waals surface area contributed by atoms with Crippen LogP contribution in [0.25, 0.3) is 0 Å². The Morgan fingerprint density at radius 1 is 1.28 bits per heavy atom. The Bertz CT molecular complexity index is 739. The van der Waals surface area contributed by atoms with E-state index >= 15 is 0 Å². The third kappa shape index (κ3) is 3.95. The number of Topliss-reactive ketones (excluding diaryl/α,β-unsaturated/α-hetero) is 1. The zero-order valence-corrected chi connectivity index (χ0v) is 15.7. The van der Waals surface area contributed by atoms with Gasteiger partial charge in [0, 0.05) is 23.3 Å². The van der Waals surface area contributed by atoms with Crippen molar-refractivity contribution >= 4 is 29.4 Å². The summed E-state index contributed by atoms with van der Waals surface area (Å²) in [5.74, 6) is -1.48. The number of amides is 1. The molecule has 2 rings (SSSR count). The molecule has 25 heavy (non-hydrogen) atoms. The lowest BCUT2D eigenvalue weighted by molar-refractivity contribution is -0.137. The Kier molecular flexibility index (Phi) is 6.06. The summed E-state index contributed by atoms with van der Waals surface area (Å²) < 4.78 is 0. The first-order valence-electron chi connectivity index (χ1n) is 8.16. The molecule has 6 heteroatoms. The van der Waals surface area contributed by atoms with Gasteiger partial charge in [0.2, 0.25) is 0 Å². The van der Waals surface area contributed by atoms with Gasteiger partial charge in [-0.2, -0.15) is 0 Å². The van der Waals surface area contributed by atoms with Gasteiger partial charge in [-0.05, 0) is 24.7 Å². The molecule has 1 amide bonds. The van der Waals surface area contributed by atoms with Gasteiger partial charge in [0.05, 0.1) is 6.42 Å². The highest BCUT2D eigenvalue weighted by Gasteiger charge is 2.42. The lowest BCUT2D eigenvalue weighted by atomic mass is 9.95. The van der Waals surface area contributed by atoms with E-state index in [1.807, 2.05) is 39.2 Å². The molecule has 134 valence electrons. The SMILES string of the molecule is CS[C@@H]1C(C(=O)c2ccccc2C)=C(CC(=O)O)C(=O)N1CC(C)C. The number of carbonyl (C=O) groups excluding carboxylic acids is 2. The maximum atomic E-state index is 13.2. The third-order valence-corrected chi connectivity index (χ3v) is 5.06. The van der Waals surface area contributed by atoms with E-state index in [-0.39, 0.29) is 23.2 Å². The van der Waals surface area contributed by atoms with Crippen molar-refractivity contribution in [3.05, 3.63) is 46.5 Å². The molecular formula is C19H23NO4S. The van der Waals surface area contributed by atoms with Crippen LogP contribution in [0.3, 0.4) is 0 Å². The number of ketones is 1. The number of carbonyl (C=O) groups is 3. The molecule has 0 radical (unpaired) electrons. The van der Waals surface area contributed by atoms with E-state index in [0.29, 0.717) is 17.7 Å². The van der Waals surface area contributed by atoms with Gasteiger partial charge in [-0.3, -0.25) is 14.4 Å². The topological polar surface area (TPSA) is 74.7 Å². The molecule has 0 fully saturated rings. The largest absolute Gasteiger partial charge is 0.481 e. The molecular weight excluding hydrogens is 338 g/mol. The Morgan fingerprint density at radius 3 is 2.44 bits per heavy atom. The van der Waals surface area contributed by atoms with Crippen LogP contribution in [0.1, 0.15) is 36.2 Å². The van der Waals surface area contributed by atoms with E-state index in [0.717, 1.165) is 5.56 Å². The molecule has 0 unspecified atom stereocenters. The van der Waals surface area contributed by atoms with Crippen LogP contribution in [0.2, 0.25) is 0 Å². The molecule has 1 N–H and O–H groups in total. The number of carboxylic acid groups (broad SMARTS) is 1. The maximum absolute atomic E-state index is 13.2. The summed E-state index contributed by atoms with van der Waals surface area (Å²) in [5, 5.41) is 8.77. The summed E-state index contributed by atoms with van der Waals surface area (Å²) in [6.07, 6.45) is 1.40. The number of thioether (sulfide) groups is 1. The Hall–Kier alpha value is -2.08. The highest BCUT2D eigenvalue weighted by atomic mass is 32.2. The van der Waals surface area contributed by atoms with Crippen molar-refractivity contribution in [2.75, 3.05) is 12.8 Å². The third-order valence-electron chi connectivity index (χ3n) is 4.12. The summed E-state index contributed by atoms with van der Waals surface area (Å²) >= 11 is 1.39. The van der Waals surface area contributed by atoms with Gasteiger partial charge in [0.25, 0.3) is 5.91 Å². The molecule has 1 aliphatic heterocycles. The number of hydrogen-bond acceptors (Lipinski definition) is 4. The van der Waals surface area contributed by atoms with Crippen molar-refractivity contribution in [1.82, 2.24) is 4.90 Å². The lowest BCUT2D eigenvalue weighted by Crippen LogP contribution is -2.37. The van der Waals surface area contributed by atoms with Crippen molar-refractivity contribution in [2.24, 2.45) is 5.92 Å². The Morgan fingerprint density at radius 2 is 1.92 bits per heavy atom. The molecule has 0 aliphatic carbocycles. The summed E-state index contributed by atoms with van der Waals surface area (Å²) in [6.45, 7) is 6.30. The standard InChI is InChI=1S/C19H23NO4S/c1-11(2)10-20-18(24)14(9-15(21)22)16(19(20)25-4)17(23)13-8-6-5-7-12(13)3/h5-8,11,19H,9-10H2,1-4H3,(H,21,22)/t19-/m1/s1. The average Bonchev–Trinajstić information content (AvgIpc) is 2.78. The van der Waals surface area contributed by atoms with Crippen molar-refractivity contribution in [3.63, 3.8) is 0 Å². The van der Waals surface area contributed by atoms with Crippen molar-refractivity contribution < 1.29 is 19.5 Å². The monoisotopic (exact) mass is 361 g/mol. The van der Waals surface area contributed by atoms with E-state index < -0.39 is 17.8 Å². The first kappa shape index (κ1) is 19.2. The molecule has 0 spiro atoms. The molecule has 0 aromatic heterocycles. The van der Waals surface area contributed by atoms with E-state index in [1.54, 1.807) is 17.0 Å². The van der Waals surface area contributed by atoms with Crippen molar-refractivity contribution in [2.45, 2.75) is 32.6 Å². The zero-order chi connectivity index (χ0) is 18.7. The van der Waals surface area contributed by atoms with Crippen LogP contribution in [0.5, 0.6) is 0 Å². The predicted octanol–water partition coefficient (Wildman–Crippen LogP) is 3.14. The number of aliphatic carboxylic acids is 1. The number of benzene rings is 1. The molecule has 1 aromatic carbocycles. The molecule has 5 nitrogen and oxygen atoms in total. The van der Waals surface area contributed by atoms with E-state index in [4.69, 9.17) is 0 Å². The molecule has 1 aromatic rings. The Labute approximate surface area is 152 Å². The summed E-state index contributed by atoms with van der Waals surface area (Å²) in [6, 6.07) is 7.17. The van der Waals surface area contributed by atoms with E-state index in [9.17, 15) is 19.5 Å². The van der Waals surface area contributed by atoms with Crippen LogP contribution in [-0.2, 0) is 9.59 Å². The number of rotatable bonds is 7. The Balaban J connectivity index is 2.55. The first-order chi connectivity index (χ1) is 11.8.